The quantitative estimate of drug-likeness (QED) is 0.653. The van der Waals surface area contributed by atoms with Crippen molar-refractivity contribution in [3.63, 3.8) is 0 Å². The van der Waals surface area contributed by atoms with Crippen LogP contribution < -0.4 is 15.5 Å². The van der Waals surface area contributed by atoms with Crippen LogP contribution >= 0.6 is 12.2 Å². The van der Waals surface area contributed by atoms with Crippen molar-refractivity contribution >= 4 is 28.7 Å². The van der Waals surface area contributed by atoms with Gasteiger partial charge in [0.1, 0.15) is 5.75 Å². The summed E-state index contributed by atoms with van der Waals surface area (Å²) in [4.78, 5) is 0. The Kier molecular flexibility index (Phi) is 5.99. The molecule has 2 N–H and O–H groups in total. The molecule has 1 aromatic carbocycles. The number of benzene rings is 1. The lowest BCUT2D eigenvalue weighted by atomic mass is 9.89. The summed E-state index contributed by atoms with van der Waals surface area (Å²) >= 11 is 5.27. The number of nitrogens with one attached hydrogen (secondary N) is 2. The molecule has 114 valence electrons. The Bertz CT molecular complexity index is 499. The van der Waals surface area contributed by atoms with Crippen LogP contribution in [0.15, 0.2) is 29.4 Å². The number of hydrogen-bond donors (Lipinski definition) is 2. The molecule has 4 nitrogen and oxygen atoms in total. The van der Waals surface area contributed by atoms with Crippen LogP contribution in [0, 0.1) is 5.92 Å². The highest BCUT2D eigenvalue weighted by Gasteiger charge is 2.15. The van der Waals surface area contributed by atoms with Gasteiger partial charge in [-0.25, -0.2) is 0 Å². The van der Waals surface area contributed by atoms with E-state index in [0.717, 1.165) is 17.9 Å². The van der Waals surface area contributed by atoms with Gasteiger partial charge in [-0.05, 0) is 68.6 Å². The van der Waals surface area contributed by atoms with Crippen molar-refractivity contribution in [2.45, 2.75) is 39.5 Å². The third-order valence-electron chi connectivity index (χ3n) is 3.61. The molecule has 0 saturated heterocycles. The molecule has 1 fully saturated rings. The molecule has 21 heavy (non-hydrogen) atoms. The van der Waals surface area contributed by atoms with E-state index in [2.05, 4.69) is 22.8 Å². The van der Waals surface area contributed by atoms with E-state index in [9.17, 15) is 0 Å². The number of ether oxygens (including phenoxy) is 1. The summed E-state index contributed by atoms with van der Waals surface area (Å²) in [6.07, 6.45) is 4.82. The number of anilines is 1. The fraction of sp³-hybridized carbons (Fsp3) is 0.500. The summed E-state index contributed by atoms with van der Waals surface area (Å²) in [5, 5.41) is 8.09. The predicted octanol–water partition coefficient (Wildman–Crippen LogP) is 3.94. The van der Waals surface area contributed by atoms with Crippen molar-refractivity contribution < 1.29 is 4.74 Å². The minimum Gasteiger partial charge on any atom is -0.494 e. The zero-order valence-electron chi connectivity index (χ0n) is 12.7. The van der Waals surface area contributed by atoms with Gasteiger partial charge in [0.2, 0.25) is 0 Å². The maximum absolute atomic E-state index is 5.41. The Morgan fingerprint density at radius 2 is 2.10 bits per heavy atom. The number of nitrogens with zero attached hydrogens (tertiary/aromatic N) is 1. The Morgan fingerprint density at radius 1 is 1.33 bits per heavy atom. The summed E-state index contributed by atoms with van der Waals surface area (Å²) in [6.45, 7) is 4.86. The summed E-state index contributed by atoms with van der Waals surface area (Å²) < 4.78 is 5.41. The highest BCUT2D eigenvalue weighted by molar-refractivity contribution is 7.80. The van der Waals surface area contributed by atoms with E-state index in [1.54, 1.807) is 0 Å². The summed E-state index contributed by atoms with van der Waals surface area (Å²) in [5.41, 5.74) is 5.09. The second-order valence-electron chi connectivity index (χ2n) is 5.27. The van der Waals surface area contributed by atoms with Gasteiger partial charge in [-0.2, -0.15) is 5.10 Å². The van der Waals surface area contributed by atoms with Crippen molar-refractivity contribution in [3.8, 4) is 5.75 Å². The minimum atomic E-state index is 0.518. The molecule has 0 aliphatic heterocycles. The van der Waals surface area contributed by atoms with E-state index >= 15 is 0 Å². The van der Waals surface area contributed by atoms with Gasteiger partial charge in [0.25, 0.3) is 0 Å². The SMILES string of the molecule is CCOc1ccc(NC(=S)NN=C2CCCC[C@@H]2C)cc1. The standard InChI is InChI=1S/C16H23N3OS/c1-3-20-14-10-8-13(9-11-14)17-16(21)19-18-15-7-5-4-6-12(15)2/h8-12H,3-7H2,1-2H3,(H2,17,19,21)/t12-/m0/s1. The molecule has 2 rings (SSSR count). The fourth-order valence-corrected chi connectivity index (χ4v) is 2.58. The average molecular weight is 305 g/mol. The fourth-order valence-electron chi connectivity index (χ4n) is 2.42. The van der Waals surface area contributed by atoms with Crippen molar-refractivity contribution in [2.75, 3.05) is 11.9 Å². The highest BCUT2D eigenvalue weighted by Crippen LogP contribution is 2.20. The maximum atomic E-state index is 5.41. The van der Waals surface area contributed by atoms with Gasteiger partial charge >= 0.3 is 0 Å². The largest absolute Gasteiger partial charge is 0.494 e. The molecule has 1 aromatic rings. The van der Waals surface area contributed by atoms with E-state index < -0.39 is 0 Å². The first-order valence-electron chi connectivity index (χ1n) is 7.55. The Morgan fingerprint density at radius 3 is 2.76 bits per heavy atom. The zero-order valence-corrected chi connectivity index (χ0v) is 13.5. The monoisotopic (exact) mass is 305 g/mol. The molecule has 1 atom stereocenters. The van der Waals surface area contributed by atoms with Crippen LogP contribution in [0.5, 0.6) is 5.75 Å². The molecule has 0 unspecified atom stereocenters. The topological polar surface area (TPSA) is 45.6 Å². The van der Waals surface area contributed by atoms with Gasteiger partial charge in [0, 0.05) is 11.4 Å². The molecule has 0 amide bonds. The molecule has 1 saturated carbocycles. The van der Waals surface area contributed by atoms with Crippen molar-refractivity contribution in [1.29, 1.82) is 0 Å². The second-order valence-corrected chi connectivity index (χ2v) is 5.68. The van der Waals surface area contributed by atoms with Crippen LogP contribution in [0.2, 0.25) is 0 Å². The van der Waals surface area contributed by atoms with Crippen molar-refractivity contribution in [3.05, 3.63) is 24.3 Å². The van der Waals surface area contributed by atoms with E-state index in [1.807, 2.05) is 31.2 Å². The van der Waals surface area contributed by atoms with Crippen LogP contribution in [0.25, 0.3) is 0 Å². The van der Waals surface area contributed by atoms with Crippen LogP contribution in [-0.4, -0.2) is 17.4 Å². The molecule has 0 spiro atoms. The van der Waals surface area contributed by atoms with E-state index in [4.69, 9.17) is 17.0 Å². The molecule has 0 aromatic heterocycles. The average Bonchev–Trinajstić information content (AvgIpc) is 2.49. The number of thiocarbonyl (C=S) groups is 1. The predicted molar refractivity (Wildman–Crippen MR) is 92.0 cm³/mol. The smallest absolute Gasteiger partial charge is 0.191 e. The van der Waals surface area contributed by atoms with Gasteiger partial charge < -0.3 is 10.1 Å². The molecular formula is C16H23N3OS. The molecule has 0 heterocycles. The highest BCUT2D eigenvalue weighted by atomic mass is 32.1. The summed E-state index contributed by atoms with van der Waals surface area (Å²) in [7, 11) is 0. The molecule has 5 heteroatoms. The lowest BCUT2D eigenvalue weighted by molar-refractivity contribution is 0.340. The summed E-state index contributed by atoms with van der Waals surface area (Å²) in [5.74, 6) is 1.41. The molecule has 0 bridgehead atoms. The van der Waals surface area contributed by atoms with Crippen molar-refractivity contribution in [2.24, 2.45) is 11.0 Å². The van der Waals surface area contributed by atoms with E-state index in [-0.39, 0.29) is 0 Å². The van der Waals surface area contributed by atoms with Crippen molar-refractivity contribution in [1.82, 2.24) is 5.43 Å². The maximum Gasteiger partial charge on any atom is 0.191 e. The Labute approximate surface area is 132 Å². The first-order chi connectivity index (χ1) is 10.2. The van der Waals surface area contributed by atoms with Gasteiger partial charge in [0.05, 0.1) is 6.61 Å². The number of hydrogen-bond acceptors (Lipinski definition) is 3. The second kappa shape index (κ2) is 7.98. The third kappa shape index (κ3) is 5.01. The van der Waals surface area contributed by atoms with Gasteiger partial charge in [-0.15, -0.1) is 0 Å². The van der Waals surface area contributed by atoms with Crippen LogP contribution in [0.1, 0.15) is 39.5 Å². The third-order valence-corrected chi connectivity index (χ3v) is 3.81. The molecule has 1 aliphatic carbocycles. The molecule has 0 radical (unpaired) electrons. The molecule has 1 aliphatic rings. The minimum absolute atomic E-state index is 0.518. The van der Waals surface area contributed by atoms with Gasteiger partial charge in [0.15, 0.2) is 5.11 Å². The van der Waals surface area contributed by atoms with Crippen LogP contribution in [0.4, 0.5) is 5.69 Å². The van der Waals surface area contributed by atoms with E-state index in [0.29, 0.717) is 17.6 Å². The van der Waals surface area contributed by atoms with Gasteiger partial charge in [-0.1, -0.05) is 13.3 Å². The van der Waals surface area contributed by atoms with Crippen LogP contribution in [-0.2, 0) is 0 Å². The zero-order chi connectivity index (χ0) is 15.1. The summed E-state index contributed by atoms with van der Waals surface area (Å²) in [6, 6.07) is 7.72. The van der Waals surface area contributed by atoms with E-state index in [1.165, 1.54) is 25.0 Å². The number of rotatable bonds is 4. The first-order valence-corrected chi connectivity index (χ1v) is 7.96. The number of hydrazone groups is 1. The first kappa shape index (κ1) is 15.8. The molecular weight excluding hydrogens is 282 g/mol. The lowest BCUT2D eigenvalue weighted by Crippen LogP contribution is -2.27. The Hall–Kier alpha value is -1.62. The lowest BCUT2D eigenvalue weighted by Gasteiger charge is -2.20. The Balaban J connectivity index is 1.85. The normalized spacial score (nSPS) is 20.1. The van der Waals surface area contributed by atoms with Crippen LogP contribution in [0.3, 0.4) is 0 Å². The van der Waals surface area contributed by atoms with Gasteiger partial charge in [-0.3, -0.25) is 5.43 Å².